The molecular formula is C19H20N6O4S2. The lowest BCUT2D eigenvalue weighted by Crippen LogP contribution is -2.27. The summed E-state index contributed by atoms with van der Waals surface area (Å²) in [4.78, 5) is 24.9. The number of carbonyl (C=O) groups is 1. The van der Waals surface area contributed by atoms with Crippen molar-refractivity contribution in [1.29, 1.82) is 0 Å². The Balaban J connectivity index is 1.54. The Kier molecular flexibility index (Phi) is 7.25. The number of benzene rings is 1. The summed E-state index contributed by atoms with van der Waals surface area (Å²) in [7, 11) is 3.20. The van der Waals surface area contributed by atoms with E-state index in [1.165, 1.54) is 6.33 Å². The van der Waals surface area contributed by atoms with E-state index in [0.29, 0.717) is 29.1 Å². The Bertz CT molecular complexity index is 1060. The number of aliphatic hydroxyl groups is 1. The molecule has 2 aromatic heterocycles. The van der Waals surface area contributed by atoms with Crippen LogP contribution in [0, 0.1) is 0 Å². The number of aliphatic hydroxyl groups excluding tert-OH is 1. The fourth-order valence-corrected chi connectivity index (χ4v) is 4.01. The highest BCUT2D eigenvalue weighted by Gasteiger charge is 2.37. The minimum Gasteiger partial charge on any atom is -0.394 e. The zero-order valence-corrected chi connectivity index (χ0v) is 18.2. The van der Waals surface area contributed by atoms with Gasteiger partial charge in [-0.15, -0.1) is 10.2 Å². The number of ether oxygens (including phenoxy) is 2. The lowest BCUT2D eigenvalue weighted by molar-refractivity contribution is -0.0532. The van der Waals surface area contributed by atoms with Crippen LogP contribution in [0.2, 0.25) is 0 Å². The van der Waals surface area contributed by atoms with Gasteiger partial charge in [-0.05, 0) is 18.4 Å². The molecule has 1 fully saturated rings. The number of imidazole rings is 1. The predicted molar refractivity (Wildman–Crippen MR) is 117 cm³/mol. The summed E-state index contributed by atoms with van der Waals surface area (Å²) in [5.74, 6) is 0.222. The molecule has 3 heterocycles. The van der Waals surface area contributed by atoms with Gasteiger partial charge in [0.2, 0.25) is 5.82 Å². The summed E-state index contributed by atoms with van der Waals surface area (Å²) in [6, 6.07) is 8.66. The number of amides is 1. The largest absolute Gasteiger partial charge is 0.394 e. The molecule has 2 unspecified atom stereocenters. The number of rotatable bonds is 8. The second-order valence-electron chi connectivity index (χ2n) is 6.55. The predicted octanol–water partition coefficient (Wildman–Crippen LogP) is 3.38. The van der Waals surface area contributed by atoms with Crippen LogP contribution in [0.1, 0.15) is 23.0 Å². The van der Waals surface area contributed by atoms with Crippen molar-refractivity contribution in [3.05, 3.63) is 48.5 Å². The van der Waals surface area contributed by atoms with Gasteiger partial charge in [0.25, 0.3) is 5.91 Å². The molecule has 162 valence electrons. The summed E-state index contributed by atoms with van der Waals surface area (Å²) in [5, 5.41) is 17.4. The van der Waals surface area contributed by atoms with Gasteiger partial charge in [-0.1, -0.05) is 39.8 Å². The Labute approximate surface area is 185 Å². The monoisotopic (exact) mass is 460 g/mol. The number of azo groups is 1. The molecule has 1 N–H and O–H groups in total. The molecule has 0 saturated carbocycles. The third-order valence-corrected chi connectivity index (χ3v) is 6.18. The molecule has 31 heavy (non-hydrogen) atoms. The first-order valence-electron chi connectivity index (χ1n) is 9.43. The van der Waals surface area contributed by atoms with Crippen LogP contribution in [0.15, 0.2) is 53.2 Å². The van der Waals surface area contributed by atoms with Gasteiger partial charge in [0.05, 0.1) is 19.0 Å². The standard InChI is InChI=1S/C19H20N6O4S2/c1-30-31-11-28-13-7-15(29-14(13)8-26)25-10-22-16-17(20-9-21-18(16)25)23-24-19(27)12-5-3-2-4-6-12/h2-6,9-10,13-15,26H,7-8,11H2,1H3/t13?,14?,15-/m1/s1. The zero-order chi connectivity index (χ0) is 21.6. The van der Waals surface area contributed by atoms with E-state index in [9.17, 15) is 9.90 Å². The maximum absolute atomic E-state index is 12.2. The Morgan fingerprint density at radius 1 is 1.32 bits per heavy atom. The van der Waals surface area contributed by atoms with Crippen molar-refractivity contribution in [2.24, 2.45) is 10.2 Å². The van der Waals surface area contributed by atoms with E-state index in [1.54, 1.807) is 56.7 Å². The molecule has 4 rings (SSSR count). The summed E-state index contributed by atoms with van der Waals surface area (Å²) in [5.41, 5.74) is 1.33. The summed E-state index contributed by atoms with van der Waals surface area (Å²) in [6.07, 6.45) is 4.35. The first-order valence-corrected chi connectivity index (χ1v) is 12.2. The SMILES string of the molecule is CSSCOC1C[C@H](n2cnc3c(N=NC(=O)c4ccccc4)ncnc32)OC1CO. The fraction of sp³-hybridized carbons (Fsp3) is 0.368. The molecule has 3 atom stereocenters. The van der Waals surface area contributed by atoms with E-state index >= 15 is 0 Å². The fourth-order valence-electron chi connectivity index (χ4n) is 3.23. The van der Waals surface area contributed by atoms with E-state index in [0.717, 1.165) is 0 Å². The van der Waals surface area contributed by atoms with E-state index in [4.69, 9.17) is 9.47 Å². The van der Waals surface area contributed by atoms with Crippen molar-refractivity contribution in [2.45, 2.75) is 24.9 Å². The third kappa shape index (κ3) is 4.93. The van der Waals surface area contributed by atoms with Crippen molar-refractivity contribution in [3.63, 3.8) is 0 Å². The molecular weight excluding hydrogens is 440 g/mol. The molecule has 1 saturated heterocycles. The van der Waals surface area contributed by atoms with Crippen LogP contribution in [-0.4, -0.2) is 61.5 Å². The van der Waals surface area contributed by atoms with Gasteiger partial charge in [0, 0.05) is 12.0 Å². The molecule has 1 aliphatic rings. The van der Waals surface area contributed by atoms with Crippen LogP contribution in [0.5, 0.6) is 0 Å². The molecule has 12 heteroatoms. The molecule has 0 aliphatic carbocycles. The number of aromatic nitrogens is 4. The van der Waals surface area contributed by atoms with Crippen LogP contribution < -0.4 is 0 Å². The maximum Gasteiger partial charge on any atom is 0.295 e. The van der Waals surface area contributed by atoms with Crippen molar-refractivity contribution in [1.82, 2.24) is 19.5 Å². The number of carbonyl (C=O) groups excluding carboxylic acids is 1. The van der Waals surface area contributed by atoms with Crippen LogP contribution in [0.3, 0.4) is 0 Å². The quantitative estimate of drug-likeness (QED) is 0.233. The second kappa shape index (κ2) is 10.3. The average molecular weight is 461 g/mol. The lowest BCUT2D eigenvalue weighted by Gasteiger charge is -2.15. The smallest absolute Gasteiger partial charge is 0.295 e. The van der Waals surface area contributed by atoms with Crippen molar-refractivity contribution in [2.75, 3.05) is 18.8 Å². The summed E-state index contributed by atoms with van der Waals surface area (Å²) < 4.78 is 13.6. The molecule has 3 aromatic rings. The molecule has 10 nitrogen and oxygen atoms in total. The second-order valence-corrected chi connectivity index (χ2v) is 9.06. The highest BCUT2D eigenvalue weighted by atomic mass is 33.1. The van der Waals surface area contributed by atoms with Crippen molar-refractivity contribution in [3.8, 4) is 0 Å². The molecule has 1 aliphatic heterocycles. The summed E-state index contributed by atoms with van der Waals surface area (Å²) in [6.45, 7) is -0.145. The summed E-state index contributed by atoms with van der Waals surface area (Å²) >= 11 is 0. The van der Waals surface area contributed by atoms with E-state index in [1.807, 2.05) is 12.3 Å². The van der Waals surface area contributed by atoms with Crippen LogP contribution in [0.25, 0.3) is 11.2 Å². The Hall–Kier alpha value is -2.38. The molecule has 0 spiro atoms. The van der Waals surface area contributed by atoms with E-state index in [2.05, 4.69) is 25.2 Å². The van der Waals surface area contributed by atoms with Crippen molar-refractivity contribution >= 4 is 44.5 Å². The number of hydrogen-bond acceptors (Lipinski definition) is 10. The normalized spacial score (nSPS) is 21.3. The van der Waals surface area contributed by atoms with Gasteiger partial charge in [-0.3, -0.25) is 9.36 Å². The molecule has 0 bridgehead atoms. The Morgan fingerprint density at radius 3 is 2.94 bits per heavy atom. The van der Waals surface area contributed by atoms with Crippen LogP contribution in [-0.2, 0) is 9.47 Å². The minimum atomic E-state index is -0.472. The van der Waals surface area contributed by atoms with Gasteiger partial charge in [0.1, 0.15) is 24.6 Å². The Morgan fingerprint density at radius 2 is 2.16 bits per heavy atom. The van der Waals surface area contributed by atoms with Gasteiger partial charge < -0.3 is 14.6 Å². The highest BCUT2D eigenvalue weighted by Crippen LogP contribution is 2.34. The third-order valence-electron chi connectivity index (χ3n) is 4.71. The number of nitrogens with zero attached hydrogens (tertiary/aromatic N) is 6. The minimum absolute atomic E-state index is 0.145. The van der Waals surface area contributed by atoms with Gasteiger partial charge in [-0.2, -0.15) is 0 Å². The van der Waals surface area contributed by atoms with Gasteiger partial charge >= 0.3 is 0 Å². The van der Waals surface area contributed by atoms with Crippen molar-refractivity contribution < 1.29 is 19.4 Å². The lowest BCUT2D eigenvalue weighted by atomic mass is 10.2. The van der Waals surface area contributed by atoms with Gasteiger partial charge in [-0.25, -0.2) is 15.0 Å². The zero-order valence-electron chi connectivity index (χ0n) is 16.6. The maximum atomic E-state index is 12.2. The van der Waals surface area contributed by atoms with Gasteiger partial charge in [0.15, 0.2) is 11.2 Å². The number of fused-ring (bicyclic) bond motifs is 1. The topological polar surface area (TPSA) is 124 Å². The first-order chi connectivity index (χ1) is 15.2. The highest BCUT2D eigenvalue weighted by molar-refractivity contribution is 8.76. The number of hydrogen-bond donors (Lipinski definition) is 1. The molecule has 1 aromatic carbocycles. The average Bonchev–Trinajstić information content (AvgIpc) is 3.42. The first kappa shape index (κ1) is 21.8. The molecule has 0 radical (unpaired) electrons. The van der Waals surface area contributed by atoms with Crippen LogP contribution >= 0.6 is 21.6 Å². The molecule has 1 amide bonds. The van der Waals surface area contributed by atoms with E-state index < -0.39 is 18.2 Å². The van der Waals surface area contributed by atoms with Crippen LogP contribution in [0.4, 0.5) is 5.82 Å². The van der Waals surface area contributed by atoms with E-state index in [-0.39, 0.29) is 18.5 Å².